The van der Waals surface area contributed by atoms with Gasteiger partial charge in [-0.15, -0.1) is 0 Å². The molecule has 1 fully saturated rings. The van der Waals surface area contributed by atoms with Gasteiger partial charge in [-0.3, -0.25) is 0 Å². The fraction of sp³-hybridized carbons (Fsp3) is 0.692. The average Bonchev–Trinajstić information content (AvgIpc) is 2.74. The van der Waals surface area contributed by atoms with Gasteiger partial charge >= 0.3 is 6.03 Å². The lowest BCUT2D eigenvalue weighted by atomic mass is 10.1. The summed E-state index contributed by atoms with van der Waals surface area (Å²) in [5, 5.41) is 6.79. The van der Waals surface area contributed by atoms with Crippen molar-refractivity contribution >= 4 is 11.7 Å². The van der Waals surface area contributed by atoms with Crippen molar-refractivity contribution in [2.75, 3.05) is 18.5 Å². The molecule has 0 aliphatic carbocycles. The second-order valence-electron chi connectivity index (χ2n) is 4.86. The van der Waals surface area contributed by atoms with E-state index >= 15 is 0 Å². The predicted octanol–water partition coefficient (Wildman–Crippen LogP) is 2.19. The van der Waals surface area contributed by atoms with E-state index in [4.69, 9.17) is 9.26 Å². The molecular weight excluding hydrogens is 246 g/mol. The summed E-state index contributed by atoms with van der Waals surface area (Å²) in [6, 6.07) is -0.0670. The van der Waals surface area contributed by atoms with E-state index in [-0.39, 0.29) is 18.2 Å². The zero-order valence-corrected chi connectivity index (χ0v) is 11.9. The van der Waals surface area contributed by atoms with E-state index in [1.165, 1.54) is 0 Å². The van der Waals surface area contributed by atoms with Gasteiger partial charge < -0.3 is 19.5 Å². The number of rotatable bonds is 2. The monoisotopic (exact) mass is 267 g/mol. The minimum absolute atomic E-state index is 0.0497. The third kappa shape index (κ3) is 2.73. The highest BCUT2D eigenvalue weighted by molar-refractivity contribution is 5.90. The zero-order valence-electron chi connectivity index (χ0n) is 11.9. The average molecular weight is 267 g/mol. The predicted molar refractivity (Wildman–Crippen MR) is 71.2 cm³/mol. The number of nitrogens with zero attached hydrogens (tertiary/aromatic N) is 2. The van der Waals surface area contributed by atoms with E-state index in [1.54, 1.807) is 4.90 Å². The lowest BCUT2D eigenvalue weighted by Gasteiger charge is -2.37. The molecule has 0 aromatic carbocycles. The van der Waals surface area contributed by atoms with Gasteiger partial charge in [0.2, 0.25) is 0 Å². The largest absolute Gasteiger partial charge is 0.375 e. The first kappa shape index (κ1) is 13.9. The standard InChI is InChI=1S/C13H21N3O3/c1-5-11-12(8(2)15-19-11)14-13(17)16-6-7-18-10(4)9(16)3/h9-10H,5-7H2,1-4H3,(H,14,17)/t9-,10-/m0/s1. The number of hydrogen-bond donors (Lipinski definition) is 1. The van der Waals surface area contributed by atoms with E-state index in [9.17, 15) is 4.79 Å². The Balaban J connectivity index is 2.10. The Morgan fingerprint density at radius 2 is 2.26 bits per heavy atom. The summed E-state index contributed by atoms with van der Waals surface area (Å²) in [6.45, 7) is 8.93. The highest BCUT2D eigenvalue weighted by Gasteiger charge is 2.30. The number of carbonyl (C=O) groups is 1. The molecule has 1 aliphatic heterocycles. The van der Waals surface area contributed by atoms with Gasteiger partial charge in [0.25, 0.3) is 0 Å². The zero-order chi connectivity index (χ0) is 14.0. The summed E-state index contributed by atoms with van der Waals surface area (Å²) < 4.78 is 10.7. The minimum Gasteiger partial charge on any atom is -0.375 e. The summed E-state index contributed by atoms with van der Waals surface area (Å²) in [5.74, 6) is 0.708. The normalized spacial score (nSPS) is 23.5. The van der Waals surface area contributed by atoms with Crippen molar-refractivity contribution in [1.29, 1.82) is 0 Å². The Labute approximate surface area is 113 Å². The maximum Gasteiger partial charge on any atom is 0.322 e. The molecule has 106 valence electrons. The van der Waals surface area contributed by atoms with E-state index < -0.39 is 0 Å². The Hall–Kier alpha value is -1.56. The van der Waals surface area contributed by atoms with Crippen LogP contribution in [0.1, 0.15) is 32.2 Å². The molecule has 1 N–H and O–H groups in total. The Morgan fingerprint density at radius 1 is 1.53 bits per heavy atom. The summed E-state index contributed by atoms with van der Waals surface area (Å²) >= 11 is 0. The number of ether oxygens (including phenoxy) is 1. The fourth-order valence-corrected chi connectivity index (χ4v) is 2.22. The maximum absolute atomic E-state index is 12.3. The number of morpholine rings is 1. The number of urea groups is 1. The molecule has 6 heteroatoms. The quantitative estimate of drug-likeness (QED) is 0.891. The van der Waals surface area contributed by atoms with Crippen molar-refractivity contribution in [2.24, 2.45) is 0 Å². The van der Waals surface area contributed by atoms with Gasteiger partial charge in [-0.2, -0.15) is 0 Å². The molecule has 0 saturated carbocycles. The van der Waals surface area contributed by atoms with Crippen LogP contribution in [0.25, 0.3) is 0 Å². The second kappa shape index (κ2) is 5.61. The Bertz CT molecular complexity index is 458. The SMILES string of the molecule is CCc1onc(C)c1NC(=O)N1CCO[C@@H](C)[C@@H]1C. The van der Waals surface area contributed by atoms with Crippen molar-refractivity contribution < 1.29 is 14.1 Å². The molecule has 6 nitrogen and oxygen atoms in total. The molecule has 19 heavy (non-hydrogen) atoms. The third-order valence-corrected chi connectivity index (χ3v) is 3.63. The molecule has 2 rings (SSSR count). The Morgan fingerprint density at radius 3 is 2.95 bits per heavy atom. The molecule has 0 spiro atoms. The summed E-state index contributed by atoms with van der Waals surface area (Å²) in [5.41, 5.74) is 1.40. The summed E-state index contributed by atoms with van der Waals surface area (Å²) in [7, 11) is 0. The first-order valence-corrected chi connectivity index (χ1v) is 6.69. The second-order valence-corrected chi connectivity index (χ2v) is 4.86. The fourth-order valence-electron chi connectivity index (χ4n) is 2.22. The number of hydrogen-bond acceptors (Lipinski definition) is 4. The van der Waals surface area contributed by atoms with Gasteiger partial charge in [-0.25, -0.2) is 4.79 Å². The molecule has 0 radical (unpaired) electrons. The number of carbonyl (C=O) groups excluding carboxylic acids is 1. The summed E-state index contributed by atoms with van der Waals surface area (Å²) in [4.78, 5) is 14.1. The van der Waals surface area contributed by atoms with Crippen LogP contribution in [-0.2, 0) is 11.2 Å². The minimum atomic E-state index is -0.122. The first-order valence-electron chi connectivity index (χ1n) is 6.69. The van der Waals surface area contributed by atoms with E-state index in [0.29, 0.717) is 36.7 Å². The van der Waals surface area contributed by atoms with Crippen LogP contribution >= 0.6 is 0 Å². The summed E-state index contributed by atoms with van der Waals surface area (Å²) in [6.07, 6.45) is 0.750. The molecular formula is C13H21N3O3. The van der Waals surface area contributed by atoms with Crippen molar-refractivity contribution in [1.82, 2.24) is 10.1 Å². The van der Waals surface area contributed by atoms with Crippen LogP contribution < -0.4 is 5.32 Å². The lowest BCUT2D eigenvalue weighted by molar-refractivity contribution is -0.0355. The van der Waals surface area contributed by atoms with Crippen molar-refractivity contribution in [3.05, 3.63) is 11.5 Å². The molecule has 2 amide bonds. The van der Waals surface area contributed by atoms with Gasteiger partial charge in [0.15, 0.2) is 5.76 Å². The molecule has 1 aromatic rings. The van der Waals surface area contributed by atoms with Crippen molar-refractivity contribution in [3.63, 3.8) is 0 Å². The van der Waals surface area contributed by atoms with Crippen LogP contribution in [-0.4, -0.2) is 41.4 Å². The number of nitrogens with one attached hydrogen (secondary N) is 1. The maximum atomic E-state index is 12.3. The van der Waals surface area contributed by atoms with Crippen molar-refractivity contribution in [2.45, 2.75) is 46.3 Å². The number of aromatic nitrogens is 1. The van der Waals surface area contributed by atoms with Crippen LogP contribution in [0.2, 0.25) is 0 Å². The van der Waals surface area contributed by atoms with Crippen LogP contribution in [0.5, 0.6) is 0 Å². The Kier molecular flexibility index (Phi) is 4.09. The highest BCUT2D eigenvalue weighted by atomic mass is 16.5. The van der Waals surface area contributed by atoms with Crippen LogP contribution in [0.4, 0.5) is 10.5 Å². The molecule has 2 heterocycles. The molecule has 1 saturated heterocycles. The molecule has 1 aliphatic rings. The molecule has 1 aromatic heterocycles. The molecule has 0 unspecified atom stereocenters. The van der Waals surface area contributed by atoms with Crippen molar-refractivity contribution in [3.8, 4) is 0 Å². The smallest absolute Gasteiger partial charge is 0.322 e. The van der Waals surface area contributed by atoms with Crippen LogP contribution in [0.15, 0.2) is 4.52 Å². The van der Waals surface area contributed by atoms with Gasteiger partial charge in [0.1, 0.15) is 11.4 Å². The highest BCUT2D eigenvalue weighted by Crippen LogP contribution is 2.22. The molecule has 2 atom stereocenters. The van der Waals surface area contributed by atoms with E-state index in [2.05, 4.69) is 10.5 Å². The van der Waals surface area contributed by atoms with Gasteiger partial charge in [0, 0.05) is 13.0 Å². The number of aryl methyl sites for hydroxylation is 2. The van der Waals surface area contributed by atoms with E-state index in [1.807, 2.05) is 27.7 Å². The topological polar surface area (TPSA) is 67.6 Å². The van der Waals surface area contributed by atoms with Gasteiger partial charge in [0.05, 0.1) is 18.8 Å². The van der Waals surface area contributed by atoms with Crippen LogP contribution in [0, 0.1) is 6.92 Å². The lowest BCUT2D eigenvalue weighted by Crippen LogP contribution is -2.52. The molecule has 0 bridgehead atoms. The third-order valence-electron chi connectivity index (χ3n) is 3.63. The number of anilines is 1. The van der Waals surface area contributed by atoms with Crippen LogP contribution in [0.3, 0.4) is 0 Å². The van der Waals surface area contributed by atoms with E-state index in [0.717, 1.165) is 0 Å². The number of amides is 2. The van der Waals surface area contributed by atoms with Gasteiger partial charge in [-0.1, -0.05) is 12.1 Å². The van der Waals surface area contributed by atoms with Gasteiger partial charge in [-0.05, 0) is 20.8 Å². The first-order chi connectivity index (χ1) is 9.04.